The summed E-state index contributed by atoms with van der Waals surface area (Å²) in [5.41, 5.74) is 0. The van der Waals surface area contributed by atoms with Gasteiger partial charge in [-0.25, -0.2) is 0 Å². The minimum absolute atomic E-state index is 0.0197. The maximum absolute atomic E-state index is 11.9. The number of rotatable bonds is 8. The maximum atomic E-state index is 11.9. The van der Waals surface area contributed by atoms with Gasteiger partial charge >= 0.3 is 0 Å². The predicted molar refractivity (Wildman–Crippen MR) is 75.9 cm³/mol. The Morgan fingerprint density at radius 2 is 2.05 bits per heavy atom. The van der Waals surface area contributed by atoms with E-state index in [1.54, 1.807) is 0 Å². The van der Waals surface area contributed by atoms with E-state index in [2.05, 4.69) is 19.2 Å². The monoisotopic (exact) mass is 271 g/mol. The molecular weight excluding hydrogens is 242 g/mol. The summed E-state index contributed by atoms with van der Waals surface area (Å²) >= 11 is 0. The maximum Gasteiger partial charge on any atom is 0.220 e. The number of unbranched alkanes of at least 4 members (excludes halogenated alkanes) is 4. The van der Waals surface area contributed by atoms with Crippen LogP contribution in [0.5, 0.6) is 0 Å². The molecule has 3 atom stereocenters. The summed E-state index contributed by atoms with van der Waals surface area (Å²) in [6.07, 6.45) is 7.03. The van der Waals surface area contributed by atoms with Crippen LogP contribution in [0.25, 0.3) is 0 Å². The van der Waals surface area contributed by atoms with E-state index in [0.29, 0.717) is 18.9 Å². The molecule has 0 bridgehead atoms. The number of carbonyl (C=O) groups excluding carboxylic acids is 1. The second-order valence-electron chi connectivity index (χ2n) is 5.73. The van der Waals surface area contributed by atoms with E-state index in [0.717, 1.165) is 19.3 Å². The number of amides is 1. The second-order valence-corrected chi connectivity index (χ2v) is 5.73. The lowest BCUT2D eigenvalue weighted by Gasteiger charge is -2.34. The number of hydrogen-bond donors (Lipinski definition) is 2. The van der Waals surface area contributed by atoms with Crippen molar-refractivity contribution in [3.63, 3.8) is 0 Å². The molecule has 1 saturated heterocycles. The average molecular weight is 271 g/mol. The van der Waals surface area contributed by atoms with Crippen LogP contribution in [-0.4, -0.2) is 36.4 Å². The van der Waals surface area contributed by atoms with Gasteiger partial charge in [-0.3, -0.25) is 4.79 Å². The van der Waals surface area contributed by atoms with Gasteiger partial charge in [-0.1, -0.05) is 39.5 Å². The number of aliphatic hydroxyl groups is 1. The summed E-state index contributed by atoms with van der Waals surface area (Å²) < 4.78 is 5.55. The van der Waals surface area contributed by atoms with E-state index in [9.17, 15) is 9.90 Å². The van der Waals surface area contributed by atoms with Gasteiger partial charge in [0.15, 0.2) is 0 Å². The number of ether oxygens (including phenoxy) is 1. The molecule has 0 aliphatic carbocycles. The molecule has 1 aliphatic heterocycles. The van der Waals surface area contributed by atoms with Crippen LogP contribution < -0.4 is 5.32 Å². The van der Waals surface area contributed by atoms with Crippen molar-refractivity contribution in [2.75, 3.05) is 13.2 Å². The van der Waals surface area contributed by atoms with E-state index in [-0.39, 0.29) is 24.7 Å². The van der Waals surface area contributed by atoms with Crippen molar-refractivity contribution in [1.82, 2.24) is 5.32 Å². The van der Waals surface area contributed by atoms with Gasteiger partial charge in [-0.2, -0.15) is 0 Å². The Morgan fingerprint density at radius 1 is 1.32 bits per heavy atom. The van der Waals surface area contributed by atoms with Gasteiger partial charge in [-0.05, 0) is 18.8 Å². The molecule has 4 nitrogen and oxygen atoms in total. The zero-order valence-electron chi connectivity index (χ0n) is 12.4. The molecule has 0 radical (unpaired) electrons. The number of carbonyl (C=O) groups is 1. The van der Waals surface area contributed by atoms with Crippen LogP contribution in [0.1, 0.15) is 58.8 Å². The second kappa shape index (κ2) is 9.32. The highest BCUT2D eigenvalue weighted by atomic mass is 16.5. The summed E-state index contributed by atoms with van der Waals surface area (Å²) in [4.78, 5) is 11.9. The standard InChI is InChI=1S/C15H29NO3/c1-3-4-5-6-7-8-15(18)16-13-9-12(2)11-19-14(13)10-17/h12-14,17H,3-11H2,1-2H3,(H,16,18). The fourth-order valence-corrected chi connectivity index (χ4v) is 2.56. The first-order valence-corrected chi connectivity index (χ1v) is 7.69. The Labute approximate surface area is 116 Å². The minimum atomic E-state index is -0.236. The zero-order valence-corrected chi connectivity index (χ0v) is 12.4. The van der Waals surface area contributed by atoms with Crippen molar-refractivity contribution in [3.8, 4) is 0 Å². The Kier molecular flexibility index (Phi) is 8.07. The van der Waals surface area contributed by atoms with Crippen LogP contribution in [0, 0.1) is 5.92 Å². The van der Waals surface area contributed by atoms with E-state index in [1.807, 2.05) is 0 Å². The molecule has 1 fully saturated rings. The molecule has 0 aromatic rings. The molecule has 0 saturated carbocycles. The Bertz CT molecular complexity index is 258. The minimum Gasteiger partial charge on any atom is -0.394 e. The highest BCUT2D eigenvalue weighted by molar-refractivity contribution is 5.76. The van der Waals surface area contributed by atoms with Gasteiger partial charge in [0.05, 0.1) is 12.6 Å². The first kappa shape index (κ1) is 16.4. The van der Waals surface area contributed by atoms with Crippen LogP contribution in [0.3, 0.4) is 0 Å². The lowest BCUT2D eigenvalue weighted by molar-refractivity contribution is -0.126. The van der Waals surface area contributed by atoms with Crippen LogP contribution in [0.4, 0.5) is 0 Å². The zero-order chi connectivity index (χ0) is 14.1. The SMILES string of the molecule is CCCCCCCC(=O)NC1CC(C)COC1CO. The molecule has 4 heteroatoms. The molecule has 0 aromatic heterocycles. The molecule has 1 rings (SSSR count). The van der Waals surface area contributed by atoms with Crippen LogP contribution in [0.15, 0.2) is 0 Å². The molecule has 112 valence electrons. The van der Waals surface area contributed by atoms with Crippen molar-refractivity contribution >= 4 is 5.91 Å². The quantitative estimate of drug-likeness (QED) is 0.666. The lowest BCUT2D eigenvalue weighted by Crippen LogP contribution is -2.50. The number of hydrogen-bond acceptors (Lipinski definition) is 3. The molecule has 1 amide bonds. The van der Waals surface area contributed by atoms with Gasteiger partial charge in [0.25, 0.3) is 0 Å². The van der Waals surface area contributed by atoms with Gasteiger partial charge in [-0.15, -0.1) is 0 Å². The fourth-order valence-electron chi connectivity index (χ4n) is 2.56. The Morgan fingerprint density at radius 3 is 2.74 bits per heavy atom. The molecule has 19 heavy (non-hydrogen) atoms. The van der Waals surface area contributed by atoms with Crippen LogP contribution in [0.2, 0.25) is 0 Å². The van der Waals surface area contributed by atoms with E-state index < -0.39 is 0 Å². The summed E-state index contributed by atoms with van der Waals surface area (Å²) in [5, 5.41) is 12.3. The fraction of sp³-hybridized carbons (Fsp3) is 0.933. The third kappa shape index (κ3) is 6.39. The van der Waals surface area contributed by atoms with Crippen molar-refractivity contribution in [2.45, 2.75) is 70.9 Å². The van der Waals surface area contributed by atoms with E-state index in [1.165, 1.54) is 19.3 Å². The highest BCUT2D eigenvalue weighted by Gasteiger charge is 2.29. The first-order chi connectivity index (χ1) is 9.17. The Balaban J connectivity index is 2.21. The van der Waals surface area contributed by atoms with E-state index >= 15 is 0 Å². The topological polar surface area (TPSA) is 58.6 Å². The van der Waals surface area contributed by atoms with Gasteiger partial charge in [0, 0.05) is 13.0 Å². The van der Waals surface area contributed by atoms with Crippen LogP contribution in [-0.2, 0) is 9.53 Å². The van der Waals surface area contributed by atoms with Crippen molar-refractivity contribution in [2.24, 2.45) is 5.92 Å². The van der Waals surface area contributed by atoms with E-state index in [4.69, 9.17) is 4.74 Å². The van der Waals surface area contributed by atoms with Gasteiger partial charge in [0.1, 0.15) is 6.10 Å². The van der Waals surface area contributed by atoms with Gasteiger partial charge in [0.2, 0.25) is 5.91 Å². The molecule has 0 spiro atoms. The van der Waals surface area contributed by atoms with Gasteiger partial charge < -0.3 is 15.2 Å². The molecule has 3 unspecified atom stereocenters. The smallest absolute Gasteiger partial charge is 0.220 e. The largest absolute Gasteiger partial charge is 0.394 e. The lowest BCUT2D eigenvalue weighted by atomic mass is 9.95. The predicted octanol–water partition coefficient (Wildman–Crippen LogP) is 2.25. The van der Waals surface area contributed by atoms with Crippen molar-refractivity contribution in [1.29, 1.82) is 0 Å². The summed E-state index contributed by atoms with van der Waals surface area (Å²) in [6, 6.07) is -0.0307. The normalized spacial score (nSPS) is 27.2. The summed E-state index contributed by atoms with van der Waals surface area (Å²) in [7, 11) is 0. The molecular formula is C15H29NO3. The Hall–Kier alpha value is -0.610. The third-order valence-electron chi connectivity index (χ3n) is 3.73. The summed E-state index contributed by atoms with van der Waals surface area (Å²) in [5.74, 6) is 0.537. The molecule has 2 N–H and O–H groups in total. The average Bonchev–Trinajstić information content (AvgIpc) is 2.39. The molecule has 0 aromatic carbocycles. The van der Waals surface area contributed by atoms with Crippen molar-refractivity contribution < 1.29 is 14.6 Å². The third-order valence-corrected chi connectivity index (χ3v) is 3.73. The highest BCUT2D eigenvalue weighted by Crippen LogP contribution is 2.19. The number of nitrogens with one attached hydrogen (secondary N) is 1. The number of aliphatic hydroxyl groups excluding tert-OH is 1. The molecule has 1 aliphatic rings. The molecule has 1 heterocycles. The first-order valence-electron chi connectivity index (χ1n) is 7.69. The van der Waals surface area contributed by atoms with Crippen LogP contribution >= 0.6 is 0 Å². The van der Waals surface area contributed by atoms with Crippen molar-refractivity contribution in [3.05, 3.63) is 0 Å². The summed E-state index contributed by atoms with van der Waals surface area (Å²) in [6.45, 7) is 4.95.